The number of carbonyl (C=O) groups excluding carboxylic acids is 1. The average Bonchev–Trinajstić information content (AvgIpc) is 3.15. The molecule has 140 valence electrons. The SMILES string of the molecule is CC(C)CCCC(C)CCC1=C2C(=O)C(Br)c3nsnc3C2=C(Br)[N+]1=O. The lowest BCUT2D eigenvalue weighted by atomic mass is 9.88. The standard InChI is InChI=1S/C18H22Br2N3O2S/c1-9(2)5-4-6-10(3)7-8-11-12-13(18(20)23(11)25)15-16(22-26-21-15)14(19)17(12)24/h9-10,14H,4-8H2,1-3H3/q+1. The van der Waals surface area contributed by atoms with E-state index >= 15 is 0 Å². The summed E-state index contributed by atoms with van der Waals surface area (Å²) in [6, 6.07) is 0. The van der Waals surface area contributed by atoms with Crippen LogP contribution in [-0.4, -0.2) is 19.3 Å². The molecule has 2 atom stereocenters. The molecule has 5 nitrogen and oxygen atoms in total. The van der Waals surface area contributed by atoms with Crippen LogP contribution >= 0.6 is 43.6 Å². The highest BCUT2D eigenvalue weighted by Crippen LogP contribution is 2.49. The Kier molecular flexibility index (Phi) is 6.24. The van der Waals surface area contributed by atoms with Crippen molar-refractivity contribution < 1.29 is 9.55 Å². The lowest BCUT2D eigenvalue weighted by Crippen LogP contribution is -2.19. The normalized spacial score (nSPS) is 20.9. The van der Waals surface area contributed by atoms with Crippen molar-refractivity contribution in [1.82, 2.24) is 8.75 Å². The molecule has 0 saturated heterocycles. The summed E-state index contributed by atoms with van der Waals surface area (Å²) in [7, 11) is 0. The molecule has 2 heterocycles. The van der Waals surface area contributed by atoms with Crippen molar-refractivity contribution in [3.05, 3.63) is 32.2 Å². The van der Waals surface area contributed by atoms with Crippen LogP contribution in [0.2, 0.25) is 0 Å². The van der Waals surface area contributed by atoms with Gasteiger partial charge in [-0.05, 0) is 18.3 Å². The van der Waals surface area contributed by atoms with Gasteiger partial charge in [0.25, 0.3) is 5.70 Å². The van der Waals surface area contributed by atoms with Gasteiger partial charge in [-0.25, -0.2) is 0 Å². The van der Waals surface area contributed by atoms with E-state index in [9.17, 15) is 9.70 Å². The summed E-state index contributed by atoms with van der Waals surface area (Å²) < 4.78 is 9.77. The van der Waals surface area contributed by atoms with Crippen LogP contribution in [0.1, 0.15) is 69.1 Å². The number of ketones is 1. The molecule has 2 unspecified atom stereocenters. The monoisotopic (exact) mass is 502 g/mol. The van der Waals surface area contributed by atoms with Crippen LogP contribution < -0.4 is 0 Å². The third kappa shape index (κ3) is 3.64. The molecule has 0 radical (unpaired) electrons. The second-order valence-electron chi connectivity index (χ2n) is 7.48. The van der Waals surface area contributed by atoms with E-state index in [4.69, 9.17) is 0 Å². The van der Waals surface area contributed by atoms with E-state index in [2.05, 4.69) is 61.4 Å². The Balaban J connectivity index is 1.80. The summed E-state index contributed by atoms with van der Waals surface area (Å²) in [6.45, 7) is 6.70. The predicted molar refractivity (Wildman–Crippen MR) is 110 cm³/mol. The largest absolute Gasteiger partial charge is 0.314 e. The van der Waals surface area contributed by atoms with Gasteiger partial charge in [0, 0.05) is 27.3 Å². The van der Waals surface area contributed by atoms with E-state index in [1.165, 1.54) is 12.8 Å². The number of rotatable bonds is 7. The summed E-state index contributed by atoms with van der Waals surface area (Å²) in [4.78, 5) is 25.1. The highest BCUT2D eigenvalue weighted by molar-refractivity contribution is 9.11. The molecule has 1 aromatic heterocycles. The molecule has 0 aromatic carbocycles. The second kappa shape index (κ2) is 8.10. The maximum Gasteiger partial charge on any atom is 0.314 e. The van der Waals surface area contributed by atoms with Gasteiger partial charge in [-0.1, -0.05) is 56.0 Å². The van der Waals surface area contributed by atoms with E-state index in [-0.39, 0.29) is 5.78 Å². The minimum absolute atomic E-state index is 0.0991. The summed E-state index contributed by atoms with van der Waals surface area (Å²) in [5, 5.41) is 0. The Labute approximate surface area is 174 Å². The first-order chi connectivity index (χ1) is 12.3. The van der Waals surface area contributed by atoms with Crippen molar-refractivity contribution in [3.63, 3.8) is 0 Å². The molecule has 0 N–H and O–H groups in total. The molecule has 26 heavy (non-hydrogen) atoms. The number of nitroso groups, excluding NO2 is 1. The average molecular weight is 504 g/mol. The molecule has 1 aromatic rings. The van der Waals surface area contributed by atoms with Crippen LogP contribution in [0.3, 0.4) is 0 Å². The van der Waals surface area contributed by atoms with Crippen LogP contribution in [0.25, 0.3) is 5.57 Å². The number of alkyl halides is 1. The molecule has 1 aliphatic carbocycles. The van der Waals surface area contributed by atoms with Crippen LogP contribution in [0.5, 0.6) is 0 Å². The Morgan fingerprint density at radius 2 is 1.88 bits per heavy atom. The topological polar surface area (TPSA) is 62.9 Å². The van der Waals surface area contributed by atoms with Gasteiger partial charge in [0.1, 0.15) is 27.4 Å². The summed E-state index contributed by atoms with van der Waals surface area (Å²) in [5.74, 6) is 1.14. The Morgan fingerprint density at radius 1 is 1.15 bits per heavy atom. The number of allylic oxidation sites excluding steroid dienone is 3. The van der Waals surface area contributed by atoms with Crippen molar-refractivity contribution in [1.29, 1.82) is 0 Å². The minimum Gasteiger partial charge on any atom is -0.292 e. The van der Waals surface area contributed by atoms with Gasteiger partial charge in [0.2, 0.25) is 0 Å². The smallest absolute Gasteiger partial charge is 0.292 e. The zero-order valence-electron chi connectivity index (χ0n) is 15.1. The van der Waals surface area contributed by atoms with Crippen LogP contribution in [0.4, 0.5) is 0 Å². The summed E-state index contributed by atoms with van der Waals surface area (Å²) in [6.07, 6.45) is 5.07. The first-order valence-electron chi connectivity index (χ1n) is 8.94. The molecule has 1 aliphatic heterocycles. The Bertz CT molecular complexity index is 813. The zero-order chi connectivity index (χ0) is 19.0. The number of halogens is 2. The summed E-state index contributed by atoms with van der Waals surface area (Å²) in [5.41, 5.74) is 2.90. The molecular weight excluding hydrogens is 482 g/mol. The van der Waals surface area contributed by atoms with Crippen LogP contribution in [-0.2, 0) is 4.79 Å². The number of carbonyl (C=O) groups is 1. The molecule has 8 heteroatoms. The van der Waals surface area contributed by atoms with Crippen molar-refractivity contribution >= 4 is 54.9 Å². The number of hydrogen-bond donors (Lipinski definition) is 0. The van der Waals surface area contributed by atoms with Gasteiger partial charge in [0.05, 0.1) is 16.5 Å². The molecule has 2 aliphatic rings. The first-order valence-corrected chi connectivity index (χ1v) is 11.4. The van der Waals surface area contributed by atoms with Gasteiger partial charge in [-0.15, -0.1) is 0 Å². The van der Waals surface area contributed by atoms with E-state index in [1.807, 2.05) is 0 Å². The molecule has 0 fully saturated rings. The predicted octanol–water partition coefficient (Wildman–Crippen LogP) is 5.91. The highest BCUT2D eigenvalue weighted by atomic mass is 79.9. The second-order valence-corrected chi connectivity index (χ2v) is 9.67. The lowest BCUT2D eigenvalue weighted by Gasteiger charge is -2.15. The molecular formula is C18H22Br2N3O2S+. The zero-order valence-corrected chi connectivity index (χ0v) is 19.1. The number of Topliss-reactive ketones (excluding diaryl/α,β-unsaturated/α-hetero) is 1. The molecule has 3 rings (SSSR count). The van der Waals surface area contributed by atoms with E-state index in [1.54, 1.807) is 0 Å². The van der Waals surface area contributed by atoms with Crippen molar-refractivity contribution in [2.75, 3.05) is 0 Å². The number of aromatic nitrogens is 2. The Morgan fingerprint density at radius 3 is 2.58 bits per heavy atom. The Hall–Kier alpha value is -0.730. The van der Waals surface area contributed by atoms with Crippen LogP contribution in [0, 0.1) is 16.7 Å². The van der Waals surface area contributed by atoms with Crippen molar-refractivity contribution in [2.45, 2.75) is 57.7 Å². The maximum absolute atomic E-state index is 12.9. The van der Waals surface area contributed by atoms with Crippen molar-refractivity contribution in [3.8, 4) is 0 Å². The van der Waals surface area contributed by atoms with Crippen molar-refractivity contribution in [2.24, 2.45) is 11.8 Å². The lowest BCUT2D eigenvalue weighted by molar-refractivity contribution is -0.429. The molecule has 0 spiro atoms. The van der Waals surface area contributed by atoms with Gasteiger partial charge >= 0.3 is 4.61 Å². The third-order valence-corrected chi connectivity index (χ3v) is 7.10. The fraction of sp³-hybridized carbons (Fsp3) is 0.611. The maximum atomic E-state index is 12.9. The molecule has 0 amide bonds. The highest BCUT2D eigenvalue weighted by Gasteiger charge is 2.50. The fourth-order valence-corrected chi connectivity index (χ4v) is 5.34. The molecule has 0 bridgehead atoms. The van der Waals surface area contributed by atoms with E-state index in [0.29, 0.717) is 45.2 Å². The molecule has 0 saturated carbocycles. The van der Waals surface area contributed by atoms with Gasteiger partial charge in [-0.2, -0.15) is 8.75 Å². The van der Waals surface area contributed by atoms with E-state index in [0.717, 1.165) is 35.2 Å². The van der Waals surface area contributed by atoms with E-state index < -0.39 is 4.83 Å². The third-order valence-electron chi connectivity index (χ3n) is 4.99. The number of hydrogen-bond acceptors (Lipinski definition) is 5. The summed E-state index contributed by atoms with van der Waals surface area (Å²) >= 11 is 7.86. The van der Waals surface area contributed by atoms with Gasteiger partial charge in [0.15, 0.2) is 5.78 Å². The van der Waals surface area contributed by atoms with Gasteiger partial charge < -0.3 is 0 Å². The quantitative estimate of drug-likeness (QED) is 0.263. The van der Waals surface area contributed by atoms with Crippen LogP contribution in [0.15, 0.2) is 15.9 Å². The minimum atomic E-state index is -0.528. The number of nitrogens with zero attached hydrogens (tertiary/aromatic N) is 3. The number of fused-ring (bicyclic) bond motifs is 3. The first kappa shape index (κ1) is 20.0. The van der Waals surface area contributed by atoms with Gasteiger partial charge in [-0.3, -0.25) is 4.79 Å². The fourth-order valence-electron chi connectivity index (χ4n) is 3.47.